The number of aromatic nitrogens is 1. The van der Waals surface area contributed by atoms with E-state index in [1.807, 2.05) is 48.1 Å². The van der Waals surface area contributed by atoms with Crippen molar-refractivity contribution in [1.82, 2.24) is 9.47 Å². The molecular weight excluding hydrogens is 248 g/mol. The molecule has 0 saturated carbocycles. The average molecular weight is 270 g/mol. The van der Waals surface area contributed by atoms with Gasteiger partial charge in [-0.15, -0.1) is 0 Å². The SMILES string of the molecule is CC(C)N(CC(=O)c1cccn1C)Cc1ccccc1. The Bertz CT molecular complexity index is 557. The number of hydrogen-bond acceptors (Lipinski definition) is 2. The molecule has 0 bridgehead atoms. The molecule has 0 radical (unpaired) electrons. The summed E-state index contributed by atoms with van der Waals surface area (Å²) in [6, 6.07) is 14.4. The highest BCUT2D eigenvalue weighted by molar-refractivity contribution is 5.96. The number of nitrogens with zero attached hydrogens (tertiary/aromatic N) is 2. The van der Waals surface area contributed by atoms with Crippen molar-refractivity contribution in [2.24, 2.45) is 7.05 Å². The number of benzene rings is 1. The zero-order valence-electron chi connectivity index (χ0n) is 12.4. The maximum atomic E-state index is 12.4. The lowest BCUT2D eigenvalue weighted by Crippen LogP contribution is -2.35. The van der Waals surface area contributed by atoms with Crippen LogP contribution in [0.15, 0.2) is 48.7 Å². The van der Waals surface area contributed by atoms with Crippen molar-refractivity contribution in [3.63, 3.8) is 0 Å². The van der Waals surface area contributed by atoms with Crippen LogP contribution in [-0.4, -0.2) is 27.8 Å². The van der Waals surface area contributed by atoms with Gasteiger partial charge in [0.2, 0.25) is 0 Å². The monoisotopic (exact) mass is 270 g/mol. The first kappa shape index (κ1) is 14.5. The van der Waals surface area contributed by atoms with Crippen LogP contribution < -0.4 is 0 Å². The molecule has 1 aromatic heterocycles. The Labute approximate surface area is 120 Å². The van der Waals surface area contributed by atoms with Gasteiger partial charge < -0.3 is 4.57 Å². The zero-order chi connectivity index (χ0) is 14.5. The summed E-state index contributed by atoms with van der Waals surface area (Å²) < 4.78 is 1.88. The van der Waals surface area contributed by atoms with Gasteiger partial charge in [-0.25, -0.2) is 0 Å². The molecule has 0 atom stereocenters. The van der Waals surface area contributed by atoms with E-state index in [0.717, 1.165) is 12.2 Å². The van der Waals surface area contributed by atoms with Gasteiger partial charge in [0.05, 0.1) is 12.2 Å². The molecule has 20 heavy (non-hydrogen) atoms. The van der Waals surface area contributed by atoms with Crippen LogP contribution in [0.1, 0.15) is 29.9 Å². The molecule has 2 rings (SSSR count). The third-order valence-corrected chi connectivity index (χ3v) is 3.53. The summed E-state index contributed by atoms with van der Waals surface area (Å²) in [5.41, 5.74) is 2.00. The van der Waals surface area contributed by atoms with Crippen LogP contribution >= 0.6 is 0 Å². The lowest BCUT2D eigenvalue weighted by molar-refractivity contribution is 0.0890. The highest BCUT2D eigenvalue weighted by Gasteiger charge is 2.17. The normalized spacial score (nSPS) is 11.2. The minimum Gasteiger partial charge on any atom is -0.348 e. The zero-order valence-corrected chi connectivity index (χ0v) is 12.4. The fourth-order valence-corrected chi connectivity index (χ4v) is 2.26. The van der Waals surface area contributed by atoms with E-state index in [-0.39, 0.29) is 5.78 Å². The maximum absolute atomic E-state index is 12.4. The van der Waals surface area contributed by atoms with Gasteiger partial charge >= 0.3 is 0 Å². The van der Waals surface area contributed by atoms with Gasteiger partial charge in [0.25, 0.3) is 0 Å². The molecule has 0 fully saturated rings. The Balaban J connectivity index is 2.07. The van der Waals surface area contributed by atoms with Gasteiger partial charge in [0, 0.05) is 25.8 Å². The Morgan fingerprint density at radius 1 is 1.15 bits per heavy atom. The summed E-state index contributed by atoms with van der Waals surface area (Å²) in [5, 5.41) is 0. The summed E-state index contributed by atoms with van der Waals surface area (Å²) in [5.74, 6) is 0.169. The highest BCUT2D eigenvalue weighted by atomic mass is 16.1. The second-order valence-electron chi connectivity index (χ2n) is 5.41. The quantitative estimate of drug-likeness (QED) is 0.754. The number of aryl methyl sites for hydroxylation is 1. The fraction of sp³-hybridized carbons (Fsp3) is 0.353. The van der Waals surface area contributed by atoms with Gasteiger partial charge in [0.15, 0.2) is 5.78 Å². The molecule has 2 aromatic rings. The molecule has 0 amide bonds. The summed E-state index contributed by atoms with van der Waals surface area (Å²) in [4.78, 5) is 14.6. The Morgan fingerprint density at radius 3 is 2.40 bits per heavy atom. The Kier molecular flexibility index (Phi) is 4.74. The van der Waals surface area contributed by atoms with Crippen molar-refractivity contribution in [2.75, 3.05) is 6.54 Å². The number of hydrogen-bond donors (Lipinski definition) is 0. The van der Waals surface area contributed by atoms with Gasteiger partial charge in [-0.05, 0) is 31.5 Å². The van der Waals surface area contributed by atoms with Gasteiger partial charge in [-0.1, -0.05) is 30.3 Å². The molecule has 0 N–H and O–H groups in total. The van der Waals surface area contributed by atoms with E-state index < -0.39 is 0 Å². The lowest BCUT2D eigenvalue weighted by Gasteiger charge is -2.25. The van der Waals surface area contributed by atoms with Crippen molar-refractivity contribution >= 4 is 5.78 Å². The largest absolute Gasteiger partial charge is 0.348 e. The van der Waals surface area contributed by atoms with Gasteiger partial charge in [-0.2, -0.15) is 0 Å². The van der Waals surface area contributed by atoms with Crippen LogP contribution in [0.25, 0.3) is 0 Å². The molecule has 0 unspecified atom stereocenters. The summed E-state index contributed by atoms with van der Waals surface area (Å²) in [6.45, 7) is 5.50. The Morgan fingerprint density at radius 2 is 1.85 bits per heavy atom. The van der Waals surface area contributed by atoms with Crippen LogP contribution in [-0.2, 0) is 13.6 Å². The van der Waals surface area contributed by atoms with Crippen molar-refractivity contribution < 1.29 is 4.79 Å². The molecule has 0 aliphatic rings. The molecule has 0 spiro atoms. The van der Waals surface area contributed by atoms with E-state index in [1.54, 1.807) is 0 Å². The second kappa shape index (κ2) is 6.53. The lowest BCUT2D eigenvalue weighted by atomic mass is 10.1. The van der Waals surface area contributed by atoms with E-state index in [1.165, 1.54) is 5.56 Å². The number of carbonyl (C=O) groups is 1. The number of carbonyl (C=O) groups excluding carboxylic acids is 1. The molecule has 0 aliphatic carbocycles. The number of ketones is 1. The Hall–Kier alpha value is -1.87. The minimum absolute atomic E-state index is 0.169. The van der Waals surface area contributed by atoms with Crippen molar-refractivity contribution in [3.05, 3.63) is 59.9 Å². The third-order valence-electron chi connectivity index (χ3n) is 3.53. The van der Waals surface area contributed by atoms with Crippen LogP contribution in [0.2, 0.25) is 0 Å². The number of Topliss-reactive ketones (excluding diaryl/α,β-unsaturated/α-hetero) is 1. The first-order valence-electron chi connectivity index (χ1n) is 7.00. The standard InChI is InChI=1S/C17H22N2O/c1-14(2)19(12-15-8-5-4-6-9-15)13-17(20)16-10-7-11-18(16)3/h4-11,14H,12-13H2,1-3H3. The third kappa shape index (κ3) is 3.58. The fourth-order valence-electron chi connectivity index (χ4n) is 2.26. The molecule has 0 saturated heterocycles. The molecule has 1 heterocycles. The first-order valence-corrected chi connectivity index (χ1v) is 7.00. The van der Waals surface area contributed by atoms with Gasteiger partial charge in [-0.3, -0.25) is 9.69 Å². The molecule has 3 nitrogen and oxygen atoms in total. The van der Waals surface area contributed by atoms with E-state index in [2.05, 4.69) is 30.9 Å². The van der Waals surface area contributed by atoms with Crippen LogP contribution in [0.5, 0.6) is 0 Å². The van der Waals surface area contributed by atoms with Crippen molar-refractivity contribution in [3.8, 4) is 0 Å². The molecule has 3 heteroatoms. The van der Waals surface area contributed by atoms with E-state index in [9.17, 15) is 4.79 Å². The maximum Gasteiger partial charge on any atom is 0.193 e. The highest BCUT2D eigenvalue weighted by Crippen LogP contribution is 2.10. The molecule has 0 aliphatic heterocycles. The summed E-state index contributed by atoms with van der Waals surface area (Å²) in [7, 11) is 1.91. The van der Waals surface area contributed by atoms with Crippen molar-refractivity contribution in [2.45, 2.75) is 26.4 Å². The smallest absolute Gasteiger partial charge is 0.193 e. The minimum atomic E-state index is 0.169. The van der Waals surface area contributed by atoms with E-state index in [4.69, 9.17) is 0 Å². The van der Waals surface area contributed by atoms with Gasteiger partial charge in [0.1, 0.15) is 0 Å². The predicted molar refractivity (Wildman–Crippen MR) is 81.7 cm³/mol. The first-order chi connectivity index (χ1) is 9.58. The second-order valence-corrected chi connectivity index (χ2v) is 5.41. The molecular formula is C17H22N2O. The topological polar surface area (TPSA) is 25.2 Å². The molecule has 106 valence electrons. The molecule has 1 aromatic carbocycles. The number of rotatable bonds is 6. The predicted octanol–water partition coefficient (Wildman–Crippen LogP) is 3.12. The van der Waals surface area contributed by atoms with E-state index in [0.29, 0.717) is 12.6 Å². The average Bonchev–Trinajstić information content (AvgIpc) is 2.85. The van der Waals surface area contributed by atoms with Crippen LogP contribution in [0.3, 0.4) is 0 Å². The van der Waals surface area contributed by atoms with Crippen molar-refractivity contribution in [1.29, 1.82) is 0 Å². The summed E-state index contributed by atoms with van der Waals surface area (Å²) >= 11 is 0. The van der Waals surface area contributed by atoms with E-state index >= 15 is 0 Å². The van der Waals surface area contributed by atoms with Crippen LogP contribution in [0.4, 0.5) is 0 Å². The summed E-state index contributed by atoms with van der Waals surface area (Å²) in [6.07, 6.45) is 1.91. The van der Waals surface area contributed by atoms with Crippen LogP contribution in [0, 0.1) is 0 Å².